The van der Waals surface area contributed by atoms with Crippen LogP contribution in [0.1, 0.15) is 13.8 Å². The Morgan fingerprint density at radius 2 is 2.07 bits per heavy atom. The molecule has 3 N–H and O–H groups in total. The maximum atomic E-state index is 5.85. The van der Waals surface area contributed by atoms with E-state index in [1.54, 1.807) is 7.11 Å². The molecule has 0 amide bonds. The number of methoxy groups -OCH3 is 1. The summed E-state index contributed by atoms with van der Waals surface area (Å²) < 4.78 is 6.05. The van der Waals surface area contributed by atoms with E-state index >= 15 is 0 Å². The SMILES string of the molecule is COc1cc(NC(C)C)c(N)cc1Br. The van der Waals surface area contributed by atoms with Gasteiger partial charge in [0.1, 0.15) is 5.75 Å². The van der Waals surface area contributed by atoms with Gasteiger partial charge in [-0.15, -0.1) is 0 Å². The van der Waals surface area contributed by atoms with Gasteiger partial charge in [0.25, 0.3) is 0 Å². The van der Waals surface area contributed by atoms with E-state index in [4.69, 9.17) is 10.5 Å². The second-order valence-electron chi connectivity index (χ2n) is 3.37. The predicted octanol–water partition coefficient (Wildman–Crippen LogP) is 2.86. The van der Waals surface area contributed by atoms with Gasteiger partial charge < -0.3 is 15.8 Å². The summed E-state index contributed by atoms with van der Waals surface area (Å²) >= 11 is 3.37. The minimum Gasteiger partial charge on any atom is -0.495 e. The molecule has 3 nitrogen and oxygen atoms in total. The number of anilines is 2. The van der Waals surface area contributed by atoms with Gasteiger partial charge in [0.05, 0.1) is 23.0 Å². The number of benzene rings is 1. The van der Waals surface area contributed by atoms with Crippen molar-refractivity contribution in [2.24, 2.45) is 0 Å². The van der Waals surface area contributed by atoms with Crippen molar-refractivity contribution in [1.82, 2.24) is 0 Å². The summed E-state index contributed by atoms with van der Waals surface area (Å²) in [4.78, 5) is 0. The van der Waals surface area contributed by atoms with Crippen LogP contribution in [0.15, 0.2) is 16.6 Å². The van der Waals surface area contributed by atoms with Crippen LogP contribution in [0, 0.1) is 0 Å². The fourth-order valence-electron chi connectivity index (χ4n) is 1.16. The lowest BCUT2D eigenvalue weighted by atomic mass is 10.2. The molecule has 0 saturated carbocycles. The Hall–Kier alpha value is -0.900. The standard InChI is InChI=1S/C10H15BrN2O/c1-6(2)13-9-5-10(14-3)7(11)4-8(9)12/h4-6,13H,12H2,1-3H3. The summed E-state index contributed by atoms with van der Waals surface area (Å²) in [5.41, 5.74) is 7.46. The highest BCUT2D eigenvalue weighted by Gasteiger charge is 2.06. The van der Waals surface area contributed by atoms with E-state index < -0.39 is 0 Å². The van der Waals surface area contributed by atoms with Crippen LogP contribution >= 0.6 is 15.9 Å². The summed E-state index contributed by atoms with van der Waals surface area (Å²) in [6.07, 6.45) is 0. The van der Waals surface area contributed by atoms with Crippen LogP contribution in [0.2, 0.25) is 0 Å². The number of hydrogen-bond acceptors (Lipinski definition) is 3. The van der Waals surface area contributed by atoms with Crippen molar-refractivity contribution >= 4 is 27.3 Å². The van der Waals surface area contributed by atoms with Crippen molar-refractivity contribution in [2.45, 2.75) is 19.9 Å². The molecule has 0 aliphatic rings. The van der Waals surface area contributed by atoms with Gasteiger partial charge in [-0.1, -0.05) is 0 Å². The largest absolute Gasteiger partial charge is 0.495 e. The molecular formula is C10H15BrN2O. The van der Waals surface area contributed by atoms with Crippen LogP contribution in [0.25, 0.3) is 0 Å². The van der Waals surface area contributed by atoms with Gasteiger partial charge in [0, 0.05) is 12.1 Å². The quantitative estimate of drug-likeness (QED) is 0.820. The molecule has 0 aromatic heterocycles. The first-order valence-electron chi connectivity index (χ1n) is 4.44. The number of ether oxygens (including phenoxy) is 1. The van der Waals surface area contributed by atoms with Gasteiger partial charge in [-0.25, -0.2) is 0 Å². The van der Waals surface area contributed by atoms with Gasteiger partial charge in [-0.2, -0.15) is 0 Å². The van der Waals surface area contributed by atoms with E-state index in [0.717, 1.165) is 15.9 Å². The lowest BCUT2D eigenvalue weighted by molar-refractivity contribution is 0.412. The smallest absolute Gasteiger partial charge is 0.135 e. The van der Waals surface area contributed by atoms with Crippen LogP contribution in [0.4, 0.5) is 11.4 Å². The summed E-state index contributed by atoms with van der Waals surface area (Å²) in [5, 5.41) is 3.25. The highest BCUT2D eigenvalue weighted by molar-refractivity contribution is 9.10. The minimum atomic E-state index is 0.350. The van der Waals surface area contributed by atoms with Crippen molar-refractivity contribution in [3.63, 3.8) is 0 Å². The first kappa shape index (κ1) is 11.2. The van der Waals surface area contributed by atoms with Gasteiger partial charge in [-0.05, 0) is 35.8 Å². The Bertz CT molecular complexity index is 326. The number of nitrogens with two attached hydrogens (primary N) is 1. The van der Waals surface area contributed by atoms with E-state index in [-0.39, 0.29) is 0 Å². The van der Waals surface area contributed by atoms with E-state index in [1.165, 1.54) is 0 Å². The van der Waals surface area contributed by atoms with E-state index in [1.807, 2.05) is 12.1 Å². The summed E-state index contributed by atoms with van der Waals surface area (Å²) in [6.45, 7) is 4.13. The third kappa shape index (κ3) is 2.54. The van der Waals surface area contributed by atoms with Crippen molar-refractivity contribution < 1.29 is 4.74 Å². The monoisotopic (exact) mass is 258 g/mol. The number of rotatable bonds is 3. The number of nitrogen functional groups attached to an aromatic ring is 1. The molecule has 0 fully saturated rings. The molecule has 0 radical (unpaired) electrons. The molecule has 78 valence electrons. The fraction of sp³-hybridized carbons (Fsp3) is 0.400. The zero-order chi connectivity index (χ0) is 10.7. The fourth-order valence-corrected chi connectivity index (χ4v) is 1.68. The molecule has 0 bridgehead atoms. The Labute approximate surface area is 92.8 Å². The van der Waals surface area contributed by atoms with Gasteiger partial charge in [-0.3, -0.25) is 0 Å². The average molecular weight is 259 g/mol. The third-order valence-corrected chi connectivity index (χ3v) is 2.39. The van der Waals surface area contributed by atoms with Crippen LogP contribution in [0.5, 0.6) is 5.75 Å². The summed E-state index contributed by atoms with van der Waals surface area (Å²) in [5.74, 6) is 0.780. The summed E-state index contributed by atoms with van der Waals surface area (Å²) in [6, 6.07) is 4.08. The maximum absolute atomic E-state index is 5.85. The number of halogens is 1. The zero-order valence-corrected chi connectivity index (χ0v) is 10.2. The van der Waals surface area contributed by atoms with Gasteiger partial charge in [0.15, 0.2) is 0 Å². The van der Waals surface area contributed by atoms with Crippen LogP contribution in [-0.4, -0.2) is 13.2 Å². The Morgan fingerprint density at radius 1 is 1.43 bits per heavy atom. The maximum Gasteiger partial charge on any atom is 0.135 e. The predicted molar refractivity (Wildman–Crippen MR) is 63.9 cm³/mol. The van der Waals surface area contributed by atoms with Crippen molar-refractivity contribution in [1.29, 1.82) is 0 Å². The Kier molecular flexibility index (Phi) is 3.63. The van der Waals surface area contributed by atoms with E-state index in [9.17, 15) is 0 Å². The second kappa shape index (κ2) is 4.55. The molecule has 0 spiro atoms. The first-order valence-corrected chi connectivity index (χ1v) is 5.23. The molecule has 0 aliphatic heterocycles. The lowest BCUT2D eigenvalue weighted by Crippen LogP contribution is -2.11. The van der Waals surface area contributed by atoms with Crippen LogP contribution < -0.4 is 15.8 Å². The molecule has 0 aliphatic carbocycles. The Morgan fingerprint density at radius 3 is 2.57 bits per heavy atom. The highest BCUT2D eigenvalue weighted by atomic mass is 79.9. The molecule has 0 unspecified atom stereocenters. The molecule has 0 saturated heterocycles. The van der Waals surface area contributed by atoms with Crippen molar-refractivity contribution in [3.8, 4) is 5.75 Å². The second-order valence-corrected chi connectivity index (χ2v) is 4.23. The van der Waals surface area contributed by atoms with Gasteiger partial charge >= 0.3 is 0 Å². The molecule has 4 heteroatoms. The lowest BCUT2D eigenvalue weighted by Gasteiger charge is -2.14. The average Bonchev–Trinajstić information content (AvgIpc) is 2.09. The highest BCUT2D eigenvalue weighted by Crippen LogP contribution is 2.33. The van der Waals surface area contributed by atoms with Crippen LogP contribution in [-0.2, 0) is 0 Å². The van der Waals surface area contributed by atoms with Crippen molar-refractivity contribution in [3.05, 3.63) is 16.6 Å². The third-order valence-electron chi connectivity index (χ3n) is 1.77. The Balaban J connectivity index is 3.04. The molecule has 0 atom stereocenters. The van der Waals surface area contributed by atoms with E-state index in [2.05, 4.69) is 35.1 Å². The molecule has 1 rings (SSSR count). The van der Waals surface area contributed by atoms with Crippen LogP contribution in [0.3, 0.4) is 0 Å². The topological polar surface area (TPSA) is 47.3 Å². The summed E-state index contributed by atoms with van der Waals surface area (Å²) in [7, 11) is 1.63. The molecule has 0 heterocycles. The van der Waals surface area contributed by atoms with E-state index in [0.29, 0.717) is 11.7 Å². The molecule has 1 aromatic rings. The molecule has 14 heavy (non-hydrogen) atoms. The normalized spacial score (nSPS) is 10.4. The first-order chi connectivity index (χ1) is 6.54. The molecule has 1 aromatic carbocycles. The zero-order valence-electron chi connectivity index (χ0n) is 8.60. The van der Waals surface area contributed by atoms with Crippen molar-refractivity contribution in [2.75, 3.05) is 18.2 Å². The number of nitrogens with one attached hydrogen (secondary N) is 1. The van der Waals surface area contributed by atoms with Gasteiger partial charge in [0.2, 0.25) is 0 Å². The number of hydrogen-bond donors (Lipinski definition) is 2. The minimum absolute atomic E-state index is 0.350. The molecular weight excluding hydrogens is 244 g/mol.